The Morgan fingerprint density at radius 2 is 1.62 bits per heavy atom. The summed E-state index contributed by atoms with van der Waals surface area (Å²) in [6.45, 7) is 6.09. The van der Waals surface area contributed by atoms with E-state index in [2.05, 4.69) is 27.2 Å². The molecule has 4 aromatic rings. The second-order valence-corrected chi connectivity index (χ2v) is 10.4. The van der Waals surface area contributed by atoms with Gasteiger partial charge in [0, 0.05) is 10.9 Å². The van der Waals surface area contributed by atoms with Crippen LogP contribution in [0.5, 0.6) is 0 Å². The summed E-state index contributed by atoms with van der Waals surface area (Å²) >= 11 is 1.29. The van der Waals surface area contributed by atoms with E-state index < -0.39 is 21.7 Å². The van der Waals surface area contributed by atoms with Gasteiger partial charge in [0.05, 0.1) is 21.8 Å². The Hall–Kier alpha value is -3.56. The molecule has 1 heterocycles. The van der Waals surface area contributed by atoms with E-state index in [1.54, 1.807) is 12.1 Å². The van der Waals surface area contributed by atoms with Gasteiger partial charge in [0.1, 0.15) is 5.82 Å². The summed E-state index contributed by atoms with van der Waals surface area (Å²) in [6.07, 6.45) is 0. The van der Waals surface area contributed by atoms with Crippen LogP contribution in [0, 0.1) is 26.6 Å². The first-order valence-corrected chi connectivity index (χ1v) is 12.7. The van der Waals surface area contributed by atoms with Crippen LogP contribution in [0.3, 0.4) is 0 Å². The molecule has 174 valence electrons. The number of anilines is 2. The molecule has 0 spiro atoms. The summed E-state index contributed by atoms with van der Waals surface area (Å²) < 4.78 is 41.0. The standard InChI is InChI=1S/C25H22FN3O3S2/c1-15-12-16(2)23(17(3)13-15)22-14-33-25(27-22)28-24(30)20-6-4-5-7-21(20)29-34(31,32)19-10-8-18(26)9-11-19/h4-14,29H,1-3H3,(H,27,28,30). The smallest absolute Gasteiger partial charge is 0.261 e. The molecule has 0 saturated carbocycles. The molecule has 1 amide bonds. The fourth-order valence-electron chi connectivity index (χ4n) is 3.78. The number of hydrogen-bond donors (Lipinski definition) is 2. The first-order chi connectivity index (χ1) is 16.1. The molecule has 0 atom stereocenters. The van der Waals surface area contributed by atoms with Crippen molar-refractivity contribution in [3.63, 3.8) is 0 Å². The normalized spacial score (nSPS) is 11.3. The fraction of sp³-hybridized carbons (Fsp3) is 0.120. The molecule has 34 heavy (non-hydrogen) atoms. The van der Waals surface area contributed by atoms with Crippen LogP contribution in [0.4, 0.5) is 15.2 Å². The maximum atomic E-state index is 13.2. The third-order valence-electron chi connectivity index (χ3n) is 5.20. The number of aryl methyl sites for hydroxylation is 3. The molecule has 0 aliphatic carbocycles. The Labute approximate surface area is 201 Å². The maximum Gasteiger partial charge on any atom is 0.261 e. The number of halogens is 1. The molecule has 0 aliphatic heterocycles. The molecule has 0 fully saturated rings. The molecule has 0 unspecified atom stereocenters. The van der Waals surface area contributed by atoms with Gasteiger partial charge in [-0.05, 0) is 68.3 Å². The average Bonchev–Trinajstić information content (AvgIpc) is 3.21. The van der Waals surface area contributed by atoms with E-state index in [1.807, 2.05) is 26.2 Å². The second-order valence-electron chi connectivity index (χ2n) is 7.87. The van der Waals surface area contributed by atoms with Crippen LogP contribution >= 0.6 is 11.3 Å². The summed E-state index contributed by atoms with van der Waals surface area (Å²) in [5, 5.41) is 5.03. The van der Waals surface area contributed by atoms with Gasteiger partial charge in [-0.2, -0.15) is 0 Å². The number of nitrogens with one attached hydrogen (secondary N) is 2. The van der Waals surface area contributed by atoms with Crippen LogP contribution in [0.2, 0.25) is 0 Å². The predicted octanol–water partition coefficient (Wildman–Crippen LogP) is 5.93. The number of hydrogen-bond acceptors (Lipinski definition) is 5. The minimum Gasteiger partial charge on any atom is -0.298 e. The number of amides is 1. The highest BCUT2D eigenvalue weighted by molar-refractivity contribution is 7.92. The molecule has 9 heteroatoms. The number of carbonyl (C=O) groups is 1. The highest BCUT2D eigenvalue weighted by Crippen LogP contribution is 2.31. The molecule has 0 saturated heterocycles. The lowest BCUT2D eigenvalue weighted by Crippen LogP contribution is -2.18. The van der Waals surface area contributed by atoms with Crippen molar-refractivity contribution in [1.29, 1.82) is 0 Å². The number of nitrogens with zero attached hydrogens (tertiary/aromatic N) is 1. The topological polar surface area (TPSA) is 88.2 Å². The van der Waals surface area contributed by atoms with E-state index in [-0.39, 0.29) is 16.1 Å². The van der Waals surface area contributed by atoms with Gasteiger partial charge in [0.2, 0.25) is 0 Å². The molecular weight excluding hydrogens is 473 g/mol. The molecule has 0 radical (unpaired) electrons. The number of sulfonamides is 1. The van der Waals surface area contributed by atoms with Crippen LogP contribution in [0.15, 0.2) is 70.9 Å². The van der Waals surface area contributed by atoms with Crippen molar-refractivity contribution in [3.8, 4) is 11.3 Å². The van der Waals surface area contributed by atoms with E-state index in [0.29, 0.717) is 5.13 Å². The fourth-order valence-corrected chi connectivity index (χ4v) is 5.56. The second kappa shape index (κ2) is 9.36. The number of rotatable bonds is 6. The summed E-state index contributed by atoms with van der Waals surface area (Å²) in [7, 11) is -4.01. The zero-order valence-corrected chi connectivity index (χ0v) is 20.4. The van der Waals surface area contributed by atoms with Gasteiger partial charge in [-0.15, -0.1) is 11.3 Å². The lowest BCUT2D eigenvalue weighted by Gasteiger charge is -2.12. The lowest BCUT2D eigenvalue weighted by atomic mass is 9.98. The third-order valence-corrected chi connectivity index (χ3v) is 7.34. The van der Waals surface area contributed by atoms with E-state index >= 15 is 0 Å². The number of aromatic nitrogens is 1. The zero-order valence-electron chi connectivity index (χ0n) is 18.7. The van der Waals surface area contributed by atoms with E-state index in [9.17, 15) is 17.6 Å². The van der Waals surface area contributed by atoms with Crippen LogP contribution in [-0.4, -0.2) is 19.3 Å². The first-order valence-electron chi connectivity index (χ1n) is 10.4. The molecule has 2 N–H and O–H groups in total. The summed E-state index contributed by atoms with van der Waals surface area (Å²) in [5.41, 5.74) is 5.39. The number of para-hydroxylation sites is 1. The zero-order chi connectivity index (χ0) is 24.5. The van der Waals surface area contributed by atoms with Gasteiger partial charge >= 0.3 is 0 Å². The van der Waals surface area contributed by atoms with Crippen LogP contribution in [-0.2, 0) is 10.0 Å². The van der Waals surface area contributed by atoms with Crippen molar-refractivity contribution in [2.24, 2.45) is 0 Å². The van der Waals surface area contributed by atoms with Gasteiger partial charge < -0.3 is 0 Å². The highest BCUT2D eigenvalue weighted by atomic mass is 32.2. The predicted molar refractivity (Wildman–Crippen MR) is 133 cm³/mol. The Bertz CT molecular complexity index is 1460. The van der Waals surface area contributed by atoms with Gasteiger partial charge in [-0.1, -0.05) is 29.8 Å². The molecular formula is C25H22FN3O3S2. The number of carbonyl (C=O) groups excluding carboxylic acids is 1. The van der Waals surface area contributed by atoms with E-state index in [4.69, 9.17) is 0 Å². The quantitative estimate of drug-likeness (QED) is 0.347. The lowest BCUT2D eigenvalue weighted by molar-refractivity contribution is 0.102. The van der Waals surface area contributed by atoms with Crippen LogP contribution < -0.4 is 10.0 Å². The maximum absolute atomic E-state index is 13.2. The minimum absolute atomic E-state index is 0.103. The highest BCUT2D eigenvalue weighted by Gasteiger charge is 2.20. The molecule has 0 bridgehead atoms. The van der Waals surface area contributed by atoms with Crippen LogP contribution in [0.1, 0.15) is 27.0 Å². The minimum atomic E-state index is -4.01. The Morgan fingerprint density at radius 1 is 0.971 bits per heavy atom. The van der Waals surface area contributed by atoms with Gasteiger partial charge in [0.15, 0.2) is 5.13 Å². The van der Waals surface area contributed by atoms with Gasteiger partial charge in [-0.3, -0.25) is 14.8 Å². The number of benzene rings is 3. The SMILES string of the molecule is Cc1cc(C)c(-c2csc(NC(=O)c3ccccc3NS(=O)(=O)c3ccc(F)cc3)n2)c(C)c1. The molecule has 6 nitrogen and oxygen atoms in total. The third kappa shape index (κ3) is 5.00. The van der Waals surface area contributed by atoms with Crippen molar-refractivity contribution >= 4 is 38.1 Å². The monoisotopic (exact) mass is 495 g/mol. The first kappa shape index (κ1) is 23.6. The van der Waals surface area contributed by atoms with Crippen molar-refractivity contribution in [2.45, 2.75) is 25.7 Å². The Balaban J connectivity index is 1.57. The molecule has 0 aliphatic rings. The van der Waals surface area contributed by atoms with Crippen LogP contribution in [0.25, 0.3) is 11.3 Å². The van der Waals surface area contributed by atoms with E-state index in [1.165, 1.54) is 29.0 Å². The van der Waals surface area contributed by atoms with Crippen molar-refractivity contribution < 1.29 is 17.6 Å². The summed E-state index contributed by atoms with van der Waals surface area (Å²) in [5.74, 6) is -1.05. The molecule has 3 aromatic carbocycles. The summed E-state index contributed by atoms with van der Waals surface area (Å²) in [4.78, 5) is 17.5. The Kier molecular flexibility index (Phi) is 6.49. The van der Waals surface area contributed by atoms with Crippen molar-refractivity contribution in [3.05, 3.63) is 94.1 Å². The van der Waals surface area contributed by atoms with Gasteiger partial charge in [0.25, 0.3) is 15.9 Å². The average molecular weight is 496 g/mol. The molecule has 4 rings (SSSR count). The Morgan fingerprint density at radius 3 is 2.29 bits per heavy atom. The van der Waals surface area contributed by atoms with E-state index in [0.717, 1.165) is 46.6 Å². The van der Waals surface area contributed by atoms with Crippen molar-refractivity contribution in [1.82, 2.24) is 4.98 Å². The largest absolute Gasteiger partial charge is 0.298 e. The number of thiazole rings is 1. The summed E-state index contributed by atoms with van der Waals surface area (Å²) in [6, 6.07) is 14.9. The van der Waals surface area contributed by atoms with Gasteiger partial charge in [-0.25, -0.2) is 17.8 Å². The van der Waals surface area contributed by atoms with Crippen molar-refractivity contribution in [2.75, 3.05) is 10.0 Å². The molecule has 1 aromatic heterocycles.